The third-order valence-electron chi connectivity index (χ3n) is 4.21. The van der Waals surface area contributed by atoms with E-state index in [2.05, 4.69) is 10.1 Å². The molecule has 20 heavy (non-hydrogen) atoms. The van der Waals surface area contributed by atoms with Gasteiger partial charge >= 0.3 is 0 Å². The summed E-state index contributed by atoms with van der Waals surface area (Å²) in [5.41, 5.74) is 1.04. The summed E-state index contributed by atoms with van der Waals surface area (Å²) in [6, 6.07) is 7.05. The Morgan fingerprint density at radius 3 is 2.75 bits per heavy atom. The van der Waals surface area contributed by atoms with E-state index < -0.39 is 0 Å². The fraction of sp³-hybridized carbons (Fsp3) is 0.467. The van der Waals surface area contributed by atoms with E-state index in [1.807, 2.05) is 12.1 Å². The molecule has 5 heteroatoms. The van der Waals surface area contributed by atoms with Crippen LogP contribution < -0.4 is 0 Å². The van der Waals surface area contributed by atoms with Crippen LogP contribution in [0.1, 0.15) is 42.5 Å². The van der Waals surface area contributed by atoms with Crippen molar-refractivity contribution in [3.05, 3.63) is 41.5 Å². The van der Waals surface area contributed by atoms with E-state index in [4.69, 9.17) is 9.26 Å². The number of aromatic nitrogens is 2. The first kappa shape index (κ1) is 11.9. The molecule has 2 aromatic rings. The predicted octanol–water partition coefficient (Wildman–Crippen LogP) is 2.40. The molecule has 104 valence electrons. The van der Waals surface area contributed by atoms with Crippen molar-refractivity contribution in [3.8, 4) is 5.75 Å². The van der Waals surface area contributed by atoms with Crippen LogP contribution in [-0.2, 0) is 11.2 Å². The lowest BCUT2D eigenvalue weighted by Crippen LogP contribution is -2.15. The first-order valence-electron chi connectivity index (χ1n) is 7.04. The van der Waals surface area contributed by atoms with Crippen LogP contribution in [0.5, 0.6) is 5.75 Å². The van der Waals surface area contributed by atoms with Crippen LogP contribution in [-0.4, -0.2) is 27.5 Å². The van der Waals surface area contributed by atoms with Gasteiger partial charge in [0.15, 0.2) is 5.82 Å². The average molecular weight is 272 g/mol. The van der Waals surface area contributed by atoms with Gasteiger partial charge in [0.1, 0.15) is 5.75 Å². The highest BCUT2D eigenvalue weighted by atomic mass is 16.5. The second-order valence-electron chi connectivity index (χ2n) is 5.61. The SMILES string of the molecule is Oc1ccc(Cc2nc(C3CC4CCC3O4)no2)cc1. The van der Waals surface area contributed by atoms with Gasteiger partial charge in [-0.1, -0.05) is 17.3 Å². The molecule has 2 bridgehead atoms. The number of benzene rings is 1. The van der Waals surface area contributed by atoms with E-state index in [-0.39, 0.29) is 11.9 Å². The minimum atomic E-state index is 0.263. The molecule has 2 fully saturated rings. The maximum absolute atomic E-state index is 9.27. The molecule has 0 spiro atoms. The molecular formula is C15H16N2O3. The molecule has 2 aliphatic heterocycles. The van der Waals surface area contributed by atoms with Crippen molar-refractivity contribution in [1.82, 2.24) is 10.1 Å². The number of hydrogen-bond acceptors (Lipinski definition) is 5. The van der Waals surface area contributed by atoms with Crippen LogP contribution in [0, 0.1) is 0 Å². The van der Waals surface area contributed by atoms with Gasteiger partial charge < -0.3 is 14.4 Å². The molecule has 4 rings (SSSR count). The zero-order chi connectivity index (χ0) is 13.5. The van der Waals surface area contributed by atoms with Crippen molar-refractivity contribution in [1.29, 1.82) is 0 Å². The number of phenols is 1. The minimum absolute atomic E-state index is 0.263. The zero-order valence-corrected chi connectivity index (χ0v) is 11.0. The smallest absolute Gasteiger partial charge is 0.231 e. The van der Waals surface area contributed by atoms with Gasteiger partial charge in [-0.2, -0.15) is 4.98 Å². The summed E-state index contributed by atoms with van der Waals surface area (Å²) in [5, 5.41) is 13.4. The third kappa shape index (κ3) is 2.08. The van der Waals surface area contributed by atoms with Crippen molar-refractivity contribution in [2.45, 2.75) is 43.8 Å². The Morgan fingerprint density at radius 1 is 1.20 bits per heavy atom. The van der Waals surface area contributed by atoms with Gasteiger partial charge in [-0.25, -0.2) is 0 Å². The van der Waals surface area contributed by atoms with Crippen LogP contribution in [0.2, 0.25) is 0 Å². The predicted molar refractivity (Wildman–Crippen MR) is 70.5 cm³/mol. The Morgan fingerprint density at radius 2 is 2.05 bits per heavy atom. The number of rotatable bonds is 3. The third-order valence-corrected chi connectivity index (χ3v) is 4.21. The van der Waals surface area contributed by atoms with E-state index >= 15 is 0 Å². The lowest BCUT2D eigenvalue weighted by Gasteiger charge is -2.13. The fourth-order valence-corrected chi connectivity index (χ4v) is 3.19. The molecule has 5 nitrogen and oxygen atoms in total. The van der Waals surface area contributed by atoms with E-state index in [0.717, 1.165) is 24.2 Å². The molecule has 1 N–H and O–H groups in total. The average Bonchev–Trinajstić information content (AvgIpc) is 3.17. The molecule has 0 aliphatic carbocycles. The molecule has 3 atom stereocenters. The highest BCUT2D eigenvalue weighted by Crippen LogP contribution is 2.43. The summed E-state index contributed by atoms with van der Waals surface area (Å²) in [6.45, 7) is 0. The molecule has 0 radical (unpaired) electrons. The van der Waals surface area contributed by atoms with Crippen LogP contribution in [0.15, 0.2) is 28.8 Å². The topological polar surface area (TPSA) is 68.4 Å². The molecule has 2 aliphatic rings. The molecule has 2 saturated heterocycles. The van der Waals surface area contributed by atoms with Crippen molar-refractivity contribution in [2.24, 2.45) is 0 Å². The molecule has 1 aromatic heterocycles. The Balaban J connectivity index is 1.49. The number of aromatic hydroxyl groups is 1. The lowest BCUT2D eigenvalue weighted by molar-refractivity contribution is 0.0996. The van der Waals surface area contributed by atoms with Crippen LogP contribution in [0.3, 0.4) is 0 Å². The van der Waals surface area contributed by atoms with Gasteiger partial charge in [0.05, 0.1) is 24.5 Å². The Kier molecular flexibility index (Phi) is 2.73. The van der Waals surface area contributed by atoms with E-state index in [1.165, 1.54) is 6.42 Å². The van der Waals surface area contributed by atoms with E-state index in [0.29, 0.717) is 24.3 Å². The second kappa shape index (κ2) is 4.59. The first-order chi connectivity index (χ1) is 9.78. The number of phenolic OH excluding ortho intramolecular Hbond substituents is 1. The maximum atomic E-state index is 9.27. The van der Waals surface area contributed by atoms with Gasteiger partial charge in [0.25, 0.3) is 0 Å². The quantitative estimate of drug-likeness (QED) is 0.929. The maximum Gasteiger partial charge on any atom is 0.231 e. The summed E-state index contributed by atoms with van der Waals surface area (Å²) in [7, 11) is 0. The minimum Gasteiger partial charge on any atom is -0.508 e. The highest BCUT2D eigenvalue weighted by molar-refractivity contribution is 5.27. The molecule has 3 unspecified atom stereocenters. The normalized spacial score (nSPS) is 28.1. The number of ether oxygens (including phenoxy) is 1. The van der Waals surface area contributed by atoms with Crippen LogP contribution >= 0.6 is 0 Å². The Bertz CT molecular complexity index is 608. The van der Waals surface area contributed by atoms with Gasteiger partial charge in [-0.3, -0.25) is 0 Å². The summed E-state index contributed by atoms with van der Waals surface area (Å²) in [5.74, 6) is 1.96. The summed E-state index contributed by atoms with van der Waals surface area (Å²) >= 11 is 0. The van der Waals surface area contributed by atoms with Crippen molar-refractivity contribution in [3.63, 3.8) is 0 Å². The van der Waals surface area contributed by atoms with Crippen LogP contribution in [0.4, 0.5) is 0 Å². The van der Waals surface area contributed by atoms with Gasteiger partial charge in [0, 0.05) is 0 Å². The van der Waals surface area contributed by atoms with Crippen LogP contribution in [0.25, 0.3) is 0 Å². The molecule has 0 saturated carbocycles. The Hall–Kier alpha value is -1.88. The fourth-order valence-electron chi connectivity index (χ4n) is 3.19. The first-order valence-corrected chi connectivity index (χ1v) is 7.04. The van der Waals surface area contributed by atoms with Crippen molar-refractivity contribution in [2.75, 3.05) is 0 Å². The van der Waals surface area contributed by atoms with Crippen molar-refractivity contribution < 1.29 is 14.4 Å². The largest absolute Gasteiger partial charge is 0.508 e. The Labute approximate surface area is 116 Å². The summed E-state index contributed by atoms with van der Waals surface area (Å²) < 4.78 is 11.2. The monoisotopic (exact) mass is 272 g/mol. The van der Waals surface area contributed by atoms with Gasteiger partial charge in [0.2, 0.25) is 5.89 Å². The summed E-state index contributed by atoms with van der Waals surface area (Å²) in [6.07, 6.45) is 4.55. The number of hydrogen-bond donors (Lipinski definition) is 1. The number of fused-ring (bicyclic) bond motifs is 2. The molecule has 1 aromatic carbocycles. The number of nitrogens with zero attached hydrogens (tertiary/aromatic N) is 2. The molecule has 3 heterocycles. The second-order valence-corrected chi connectivity index (χ2v) is 5.61. The molecular weight excluding hydrogens is 256 g/mol. The van der Waals surface area contributed by atoms with Gasteiger partial charge in [-0.15, -0.1) is 0 Å². The lowest BCUT2D eigenvalue weighted by atomic mass is 9.89. The summed E-state index contributed by atoms with van der Waals surface area (Å²) in [4.78, 5) is 4.51. The zero-order valence-electron chi connectivity index (χ0n) is 11.0. The molecule has 0 amide bonds. The van der Waals surface area contributed by atoms with E-state index in [9.17, 15) is 5.11 Å². The van der Waals surface area contributed by atoms with E-state index in [1.54, 1.807) is 12.1 Å². The van der Waals surface area contributed by atoms with Crippen molar-refractivity contribution >= 4 is 0 Å². The van der Waals surface area contributed by atoms with Gasteiger partial charge in [-0.05, 0) is 37.0 Å². The highest BCUT2D eigenvalue weighted by Gasteiger charge is 2.43. The standard InChI is InChI=1S/C15H16N2O3/c18-10-3-1-9(2-4-10)7-14-16-15(17-20-14)12-8-11-5-6-13(12)19-11/h1-4,11-13,18H,5-8H2.